The monoisotopic (exact) mass is 415 g/mol. The lowest BCUT2D eigenvalue weighted by atomic mass is 9.79. The molecule has 1 saturated heterocycles. The Hall–Kier alpha value is -1.76. The Morgan fingerprint density at radius 1 is 1.07 bits per heavy atom. The number of aromatic nitrogens is 3. The second-order valence-electron chi connectivity index (χ2n) is 8.97. The van der Waals surface area contributed by atoms with E-state index >= 15 is 0 Å². The number of fused-ring (bicyclic) bond motifs is 1. The fraction of sp³-hybridized carbons (Fsp3) is 0.476. The number of nitrogens with zero attached hydrogens (tertiary/aromatic N) is 4. The molecule has 4 rings (SSSR count). The second-order valence-corrected chi connectivity index (χ2v) is 10.2. The van der Waals surface area contributed by atoms with Gasteiger partial charge in [0.25, 0.3) is 0 Å². The maximum atomic E-state index is 6.28. The van der Waals surface area contributed by atoms with Crippen molar-refractivity contribution in [2.24, 2.45) is 0 Å². The van der Waals surface area contributed by atoms with Gasteiger partial charge in [0.2, 0.25) is 0 Å². The van der Waals surface area contributed by atoms with Gasteiger partial charge in [-0.3, -0.25) is 0 Å². The first-order valence-corrected chi connectivity index (χ1v) is 10.8. The average molecular weight is 416 g/mol. The predicted molar refractivity (Wildman–Crippen MR) is 118 cm³/mol. The van der Waals surface area contributed by atoms with Crippen LogP contribution in [0.3, 0.4) is 0 Å². The topological polar surface area (TPSA) is 53.9 Å². The van der Waals surface area contributed by atoms with Crippen LogP contribution in [0.1, 0.15) is 40.5 Å². The highest BCUT2D eigenvalue weighted by Gasteiger charge is 2.39. The van der Waals surface area contributed by atoms with Crippen LogP contribution >= 0.6 is 22.9 Å². The maximum Gasteiger partial charge on any atom is 0.151 e. The van der Waals surface area contributed by atoms with Crippen LogP contribution in [0.5, 0.6) is 0 Å². The molecule has 1 aliphatic heterocycles. The van der Waals surface area contributed by atoms with Crippen LogP contribution in [0.25, 0.3) is 21.5 Å². The van der Waals surface area contributed by atoms with Gasteiger partial charge in [-0.25, -0.2) is 4.98 Å². The Bertz CT molecular complexity index is 980. The first-order chi connectivity index (χ1) is 13.2. The van der Waals surface area contributed by atoms with Gasteiger partial charge < -0.3 is 10.2 Å². The SMILES string of the molecule is CN(c1ccc(-c2ccc(Cl)c3scnc23)nn1)C1CC(C)(C)NC(C)(C)C1. The van der Waals surface area contributed by atoms with Crippen molar-refractivity contribution >= 4 is 39.0 Å². The summed E-state index contributed by atoms with van der Waals surface area (Å²) in [6.45, 7) is 9.07. The van der Waals surface area contributed by atoms with Crippen molar-refractivity contribution in [1.82, 2.24) is 20.5 Å². The van der Waals surface area contributed by atoms with E-state index in [0.29, 0.717) is 6.04 Å². The Morgan fingerprint density at radius 3 is 2.43 bits per heavy atom. The molecular formula is C21H26ClN5S. The zero-order chi connectivity index (χ0) is 20.1. The minimum Gasteiger partial charge on any atom is -0.355 e. The van der Waals surface area contributed by atoms with Gasteiger partial charge in [-0.05, 0) is 64.8 Å². The van der Waals surface area contributed by atoms with E-state index in [-0.39, 0.29) is 11.1 Å². The van der Waals surface area contributed by atoms with Crippen molar-refractivity contribution in [1.29, 1.82) is 0 Å². The minimum atomic E-state index is 0.0909. The highest BCUT2D eigenvalue weighted by Crippen LogP contribution is 2.35. The number of hydrogen-bond donors (Lipinski definition) is 1. The number of hydrogen-bond acceptors (Lipinski definition) is 6. The fourth-order valence-electron chi connectivity index (χ4n) is 4.51. The van der Waals surface area contributed by atoms with Crippen LogP contribution in [-0.4, -0.2) is 39.3 Å². The highest BCUT2D eigenvalue weighted by atomic mass is 35.5. The van der Waals surface area contributed by atoms with Gasteiger partial charge in [0.1, 0.15) is 0 Å². The van der Waals surface area contributed by atoms with E-state index in [1.165, 1.54) is 0 Å². The number of nitrogens with one attached hydrogen (secondary N) is 1. The molecule has 1 aliphatic rings. The summed E-state index contributed by atoms with van der Waals surface area (Å²) in [5.41, 5.74) is 4.66. The molecule has 0 radical (unpaired) electrons. The largest absolute Gasteiger partial charge is 0.355 e. The van der Waals surface area contributed by atoms with E-state index in [2.05, 4.69) is 66.2 Å². The molecule has 0 saturated carbocycles. The molecule has 0 atom stereocenters. The van der Waals surface area contributed by atoms with Crippen LogP contribution < -0.4 is 10.2 Å². The quantitative estimate of drug-likeness (QED) is 0.640. The third-order valence-corrected chi connectivity index (χ3v) is 6.73. The summed E-state index contributed by atoms with van der Waals surface area (Å²) in [5, 5.41) is 13.5. The van der Waals surface area contributed by atoms with Crippen LogP contribution in [-0.2, 0) is 0 Å². The molecule has 2 aromatic heterocycles. The van der Waals surface area contributed by atoms with Crippen molar-refractivity contribution in [3.8, 4) is 11.3 Å². The third-order valence-electron chi connectivity index (χ3n) is 5.44. The first kappa shape index (κ1) is 19.6. The fourth-order valence-corrected chi connectivity index (χ4v) is 5.52. The Kier molecular flexibility index (Phi) is 4.84. The molecule has 1 N–H and O–H groups in total. The van der Waals surface area contributed by atoms with Gasteiger partial charge in [-0.15, -0.1) is 21.5 Å². The number of halogens is 1. The summed E-state index contributed by atoms with van der Waals surface area (Å²) in [6, 6.07) is 8.36. The van der Waals surface area contributed by atoms with E-state index < -0.39 is 0 Å². The molecule has 148 valence electrons. The minimum absolute atomic E-state index is 0.0909. The number of benzene rings is 1. The van der Waals surface area contributed by atoms with E-state index in [1.807, 2.05) is 23.7 Å². The van der Waals surface area contributed by atoms with Crippen LogP contribution in [0.2, 0.25) is 5.02 Å². The standard InChI is InChI=1S/C21H26ClN5S/c1-20(2)10-13(11-21(3,4)26-20)27(5)17-9-8-16(24-25-17)14-6-7-15(22)19-18(14)23-12-28-19/h6-9,12-13,26H,10-11H2,1-5H3. The predicted octanol–water partition coefficient (Wildman–Crippen LogP) is 5.15. The summed E-state index contributed by atoms with van der Waals surface area (Å²) in [7, 11) is 2.12. The van der Waals surface area contributed by atoms with E-state index in [1.54, 1.807) is 11.3 Å². The molecule has 1 fully saturated rings. The lowest BCUT2D eigenvalue weighted by Crippen LogP contribution is -2.62. The highest BCUT2D eigenvalue weighted by molar-refractivity contribution is 7.17. The molecule has 5 nitrogen and oxygen atoms in total. The summed E-state index contributed by atoms with van der Waals surface area (Å²) < 4.78 is 0.987. The normalized spacial score (nSPS) is 19.1. The summed E-state index contributed by atoms with van der Waals surface area (Å²) in [5.74, 6) is 0.894. The van der Waals surface area contributed by atoms with Gasteiger partial charge in [0, 0.05) is 29.7 Å². The van der Waals surface area contributed by atoms with E-state index in [9.17, 15) is 0 Å². The van der Waals surface area contributed by atoms with Crippen LogP contribution in [0, 0.1) is 0 Å². The molecular weight excluding hydrogens is 390 g/mol. The van der Waals surface area contributed by atoms with Gasteiger partial charge in [0.05, 0.1) is 26.4 Å². The molecule has 28 heavy (non-hydrogen) atoms. The smallest absolute Gasteiger partial charge is 0.151 e. The lowest BCUT2D eigenvalue weighted by Gasteiger charge is -2.49. The van der Waals surface area contributed by atoms with Gasteiger partial charge >= 0.3 is 0 Å². The Labute approximate surface area is 175 Å². The number of piperidine rings is 1. The van der Waals surface area contributed by atoms with Crippen molar-refractivity contribution in [3.63, 3.8) is 0 Å². The molecule has 0 spiro atoms. The average Bonchev–Trinajstić information content (AvgIpc) is 3.10. The van der Waals surface area contributed by atoms with Crippen molar-refractivity contribution in [2.45, 2.75) is 57.7 Å². The molecule has 1 aromatic carbocycles. The Balaban J connectivity index is 1.61. The van der Waals surface area contributed by atoms with Crippen LogP contribution in [0.15, 0.2) is 29.8 Å². The second kappa shape index (κ2) is 6.94. The molecule has 0 amide bonds. The Morgan fingerprint density at radius 2 is 1.79 bits per heavy atom. The molecule has 0 bridgehead atoms. The van der Waals surface area contributed by atoms with E-state index in [4.69, 9.17) is 11.6 Å². The molecule has 0 aliphatic carbocycles. The van der Waals surface area contributed by atoms with Crippen molar-refractivity contribution in [3.05, 3.63) is 34.8 Å². The molecule has 3 aromatic rings. The van der Waals surface area contributed by atoms with Gasteiger partial charge in [0.15, 0.2) is 5.82 Å². The molecule has 7 heteroatoms. The summed E-state index contributed by atoms with van der Waals surface area (Å²) in [4.78, 5) is 6.73. The first-order valence-electron chi connectivity index (χ1n) is 9.53. The maximum absolute atomic E-state index is 6.28. The van der Waals surface area contributed by atoms with Gasteiger partial charge in [-0.1, -0.05) is 11.6 Å². The summed E-state index contributed by atoms with van der Waals surface area (Å²) in [6.07, 6.45) is 2.12. The van der Waals surface area contributed by atoms with Gasteiger partial charge in [-0.2, -0.15) is 0 Å². The molecule has 3 heterocycles. The van der Waals surface area contributed by atoms with Crippen molar-refractivity contribution < 1.29 is 0 Å². The van der Waals surface area contributed by atoms with Crippen molar-refractivity contribution in [2.75, 3.05) is 11.9 Å². The number of anilines is 1. The molecule has 0 unspecified atom stereocenters. The number of rotatable bonds is 3. The van der Waals surface area contributed by atoms with E-state index in [0.717, 1.165) is 45.2 Å². The summed E-state index contributed by atoms with van der Waals surface area (Å²) >= 11 is 7.82. The zero-order valence-electron chi connectivity index (χ0n) is 17.0. The number of thiazole rings is 1. The lowest BCUT2D eigenvalue weighted by molar-refractivity contribution is 0.160. The third kappa shape index (κ3) is 3.73. The zero-order valence-corrected chi connectivity index (χ0v) is 18.5. The van der Waals surface area contributed by atoms with Crippen LogP contribution in [0.4, 0.5) is 5.82 Å².